The summed E-state index contributed by atoms with van der Waals surface area (Å²) in [4.78, 5) is 19.7. The van der Waals surface area contributed by atoms with Gasteiger partial charge in [0.15, 0.2) is 17.0 Å². The van der Waals surface area contributed by atoms with E-state index in [0.29, 0.717) is 18.0 Å². The maximum Gasteiger partial charge on any atom is 0.451 e. The second kappa shape index (κ2) is 7.98. The molecule has 0 bridgehead atoms. The number of aromatic nitrogens is 6. The molecule has 0 aromatic carbocycles. The molecule has 0 aliphatic heterocycles. The maximum atomic E-state index is 13.2. The topological polar surface area (TPSA) is 148 Å². The van der Waals surface area contributed by atoms with Crippen molar-refractivity contribution in [2.24, 2.45) is 0 Å². The van der Waals surface area contributed by atoms with Crippen LogP contribution in [0.25, 0.3) is 17.0 Å². The molecule has 0 radical (unpaired) electrons. The van der Waals surface area contributed by atoms with Crippen LogP contribution in [0.2, 0.25) is 0 Å². The molecular formula is C15H17F3N8O3S. The first-order chi connectivity index (χ1) is 14.0. The lowest BCUT2D eigenvalue weighted by Crippen LogP contribution is -2.15. The largest absolute Gasteiger partial charge is 0.451 e. The van der Waals surface area contributed by atoms with Crippen molar-refractivity contribution in [3.63, 3.8) is 0 Å². The van der Waals surface area contributed by atoms with Crippen LogP contribution in [-0.2, 0) is 16.3 Å². The van der Waals surface area contributed by atoms with Crippen molar-refractivity contribution in [1.29, 1.82) is 0 Å². The fraction of sp³-hybridized carbons (Fsp3) is 0.400. The molecule has 0 unspecified atom stereocenters. The van der Waals surface area contributed by atoms with Crippen LogP contribution >= 0.6 is 0 Å². The molecule has 1 aliphatic rings. The number of fused-ring (bicyclic) bond motifs is 1. The molecule has 1 saturated carbocycles. The molecule has 3 N–H and O–H groups in total. The van der Waals surface area contributed by atoms with E-state index in [-0.39, 0.29) is 23.0 Å². The fourth-order valence-electron chi connectivity index (χ4n) is 2.32. The highest BCUT2D eigenvalue weighted by Crippen LogP contribution is 2.32. The third-order valence-electron chi connectivity index (χ3n) is 3.68. The number of halogens is 3. The van der Waals surface area contributed by atoms with Gasteiger partial charge in [0.2, 0.25) is 11.8 Å². The van der Waals surface area contributed by atoms with Gasteiger partial charge in [-0.15, -0.1) is 0 Å². The number of rotatable bonds is 4. The molecule has 15 heteroatoms. The zero-order valence-electron chi connectivity index (χ0n) is 15.7. The Morgan fingerprint density at radius 2 is 1.87 bits per heavy atom. The minimum atomic E-state index is -4.66. The molecule has 0 saturated heterocycles. The fourth-order valence-corrected chi connectivity index (χ4v) is 2.32. The molecule has 0 spiro atoms. The summed E-state index contributed by atoms with van der Waals surface area (Å²) in [5.74, 6) is -0.443. The molecule has 3 aromatic rings. The van der Waals surface area contributed by atoms with Crippen molar-refractivity contribution in [3.8, 4) is 5.82 Å². The van der Waals surface area contributed by atoms with E-state index in [0.717, 1.165) is 12.8 Å². The predicted molar refractivity (Wildman–Crippen MR) is 101 cm³/mol. The first-order valence-corrected chi connectivity index (χ1v) is 10.3. The van der Waals surface area contributed by atoms with Crippen molar-refractivity contribution in [3.05, 3.63) is 24.4 Å². The van der Waals surface area contributed by atoms with E-state index in [1.165, 1.54) is 17.1 Å². The Bertz CT molecular complexity index is 1150. The Morgan fingerprint density at radius 3 is 2.43 bits per heavy atom. The van der Waals surface area contributed by atoms with Crippen LogP contribution in [-0.4, -0.2) is 61.8 Å². The summed E-state index contributed by atoms with van der Waals surface area (Å²) in [6.45, 7) is 0. The molecule has 0 atom stereocenters. The summed E-state index contributed by atoms with van der Waals surface area (Å²) >= 11 is 0. The van der Waals surface area contributed by atoms with Gasteiger partial charge in [-0.1, -0.05) is 0 Å². The van der Waals surface area contributed by atoms with Crippen LogP contribution < -0.4 is 10.6 Å². The second-order valence-electron chi connectivity index (χ2n) is 6.32. The summed E-state index contributed by atoms with van der Waals surface area (Å²) in [7, 11) is -2.02. The van der Waals surface area contributed by atoms with Gasteiger partial charge in [-0.2, -0.15) is 26.6 Å². The van der Waals surface area contributed by atoms with Crippen molar-refractivity contribution in [2.75, 3.05) is 23.9 Å². The van der Waals surface area contributed by atoms with Crippen molar-refractivity contribution in [1.82, 2.24) is 29.5 Å². The number of hydrogen-bond donors (Lipinski definition) is 3. The zero-order valence-corrected chi connectivity index (χ0v) is 16.5. The monoisotopic (exact) mass is 446 g/mol. The summed E-state index contributed by atoms with van der Waals surface area (Å²) in [6, 6.07) is 1.69. The highest BCUT2D eigenvalue weighted by Gasteiger charge is 2.37. The van der Waals surface area contributed by atoms with Gasteiger partial charge in [-0.25, -0.2) is 19.9 Å². The Morgan fingerprint density at radius 1 is 1.20 bits per heavy atom. The molecule has 30 heavy (non-hydrogen) atoms. The van der Waals surface area contributed by atoms with Crippen LogP contribution in [0.15, 0.2) is 18.6 Å². The molecule has 162 valence electrons. The predicted octanol–water partition coefficient (Wildman–Crippen LogP) is 1.74. The van der Waals surface area contributed by atoms with Crippen molar-refractivity contribution < 1.29 is 26.1 Å². The van der Waals surface area contributed by atoms with Gasteiger partial charge in [0.05, 0.1) is 6.26 Å². The van der Waals surface area contributed by atoms with Crippen LogP contribution in [0.5, 0.6) is 0 Å². The van der Waals surface area contributed by atoms with Crippen molar-refractivity contribution in [2.45, 2.75) is 25.1 Å². The SMILES string of the molecule is CNc1nccc(-n2cnc3c(NC4CC4)nc(C(F)(F)F)nc32)n1.CS(=O)(=O)O. The third kappa shape index (κ3) is 5.50. The lowest BCUT2D eigenvalue weighted by atomic mass is 10.4. The number of alkyl halides is 3. The average molecular weight is 446 g/mol. The highest BCUT2D eigenvalue weighted by molar-refractivity contribution is 7.85. The van der Waals surface area contributed by atoms with Gasteiger partial charge in [0.1, 0.15) is 12.1 Å². The van der Waals surface area contributed by atoms with E-state index < -0.39 is 22.1 Å². The lowest BCUT2D eigenvalue weighted by molar-refractivity contribution is -0.144. The van der Waals surface area contributed by atoms with Gasteiger partial charge >= 0.3 is 6.18 Å². The van der Waals surface area contributed by atoms with Crippen LogP contribution in [0.4, 0.5) is 24.9 Å². The molecule has 3 heterocycles. The van der Waals surface area contributed by atoms with Gasteiger partial charge < -0.3 is 10.6 Å². The highest BCUT2D eigenvalue weighted by atomic mass is 32.2. The Hall–Kier alpha value is -3.07. The van der Waals surface area contributed by atoms with Crippen LogP contribution in [0.1, 0.15) is 18.7 Å². The third-order valence-corrected chi connectivity index (χ3v) is 3.68. The average Bonchev–Trinajstić information content (AvgIpc) is 3.35. The molecule has 4 rings (SSSR count). The van der Waals surface area contributed by atoms with E-state index in [2.05, 4.69) is 35.6 Å². The van der Waals surface area contributed by atoms with Crippen LogP contribution in [0.3, 0.4) is 0 Å². The van der Waals surface area contributed by atoms with E-state index in [9.17, 15) is 21.6 Å². The van der Waals surface area contributed by atoms with Gasteiger partial charge in [-0.05, 0) is 18.9 Å². The first kappa shape index (κ1) is 21.6. The number of nitrogens with zero attached hydrogens (tertiary/aromatic N) is 6. The summed E-state index contributed by atoms with van der Waals surface area (Å²) in [6.07, 6.45) is 0.711. The minimum absolute atomic E-state index is 0.0335. The van der Waals surface area contributed by atoms with Gasteiger partial charge in [-0.3, -0.25) is 9.12 Å². The Labute approximate surface area is 168 Å². The number of anilines is 2. The zero-order chi connectivity index (χ0) is 22.1. The summed E-state index contributed by atoms with van der Waals surface area (Å²) in [5, 5.41) is 5.76. The van der Waals surface area contributed by atoms with Gasteiger partial charge in [0.25, 0.3) is 10.1 Å². The maximum absolute atomic E-state index is 13.2. The number of hydrogen-bond acceptors (Lipinski definition) is 9. The van der Waals surface area contributed by atoms with E-state index in [1.807, 2.05) is 0 Å². The molecule has 1 aliphatic carbocycles. The number of nitrogens with one attached hydrogen (secondary N) is 2. The standard InChI is InChI=1S/C14H13F3N8.CH4O3S/c1-18-13-19-5-4-8(22-13)25-6-20-9-10(21-7-2-3-7)23-12(14(15,16)17)24-11(9)25;1-5(2,3)4/h4-7H,2-3H2,1H3,(H,18,19,22)(H,21,23,24);1H3,(H,2,3,4). The molecule has 0 amide bonds. The normalized spacial score (nSPS) is 14.2. The first-order valence-electron chi connectivity index (χ1n) is 8.48. The van der Waals surface area contributed by atoms with Gasteiger partial charge in [0, 0.05) is 19.3 Å². The molecule has 11 nitrogen and oxygen atoms in total. The smallest absolute Gasteiger partial charge is 0.365 e. The summed E-state index contributed by atoms with van der Waals surface area (Å²) in [5.41, 5.74) is 0.302. The lowest BCUT2D eigenvalue weighted by Gasteiger charge is -2.10. The number of imidazole rings is 1. The van der Waals surface area contributed by atoms with Crippen LogP contribution in [0, 0.1) is 0 Å². The summed E-state index contributed by atoms with van der Waals surface area (Å²) < 4.78 is 66.8. The molecule has 3 aromatic heterocycles. The van der Waals surface area contributed by atoms with E-state index >= 15 is 0 Å². The minimum Gasteiger partial charge on any atom is -0.365 e. The molecular weight excluding hydrogens is 429 g/mol. The van der Waals surface area contributed by atoms with Crippen molar-refractivity contribution >= 4 is 33.0 Å². The van der Waals surface area contributed by atoms with E-state index in [1.54, 1.807) is 13.1 Å². The van der Waals surface area contributed by atoms with E-state index in [4.69, 9.17) is 4.55 Å². The Balaban J connectivity index is 0.000000461. The second-order valence-corrected chi connectivity index (χ2v) is 7.79. The quantitative estimate of drug-likeness (QED) is 0.506. The Kier molecular flexibility index (Phi) is 5.76. The molecule has 1 fully saturated rings.